The zero-order valence-electron chi connectivity index (χ0n) is 12.5. The topological polar surface area (TPSA) is 35.5 Å². The van der Waals surface area contributed by atoms with E-state index in [4.69, 9.17) is 9.47 Å². The molecule has 0 radical (unpaired) electrons. The van der Waals surface area contributed by atoms with Crippen molar-refractivity contribution in [2.24, 2.45) is 0 Å². The summed E-state index contributed by atoms with van der Waals surface area (Å²) in [5.41, 5.74) is 1.73. The summed E-state index contributed by atoms with van der Waals surface area (Å²) in [6.07, 6.45) is 0. The second kappa shape index (κ2) is 5.90. The van der Waals surface area contributed by atoms with Crippen LogP contribution in [0, 0.1) is 6.92 Å². The minimum Gasteiger partial charge on any atom is -0.497 e. The lowest BCUT2D eigenvalue weighted by Crippen LogP contribution is -2.08. The van der Waals surface area contributed by atoms with Crippen molar-refractivity contribution in [3.05, 3.63) is 71.8 Å². The van der Waals surface area contributed by atoms with E-state index < -0.39 is 0 Å². The fraction of sp³-hybridized carbons (Fsp3) is 0.105. The number of ether oxygens (including phenoxy) is 2. The van der Waals surface area contributed by atoms with Gasteiger partial charge in [-0.25, -0.2) is 4.79 Å². The molecule has 110 valence electrons. The standard InChI is InChI=1S/C19H16O3/c1-13-3-4-15-12-16(6-5-14(15)11-13)19(20)22-18-9-7-17(21-2)8-10-18/h3-12H,1-2H3. The Morgan fingerprint density at radius 2 is 1.45 bits per heavy atom. The largest absolute Gasteiger partial charge is 0.497 e. The molecule has 0 heterocycles. The van der Waals surface area contributed by atoms with Gasteiger partial charge in [-0.15, -0.1) is 0 Å². The van der Waals surface area contributed by atoms with Gasteiger partial charge in [-0.2, -0.15) is 0 Å². The van der Waals surface area contributed by atoms with E-state index in [1.165, 1.54) is 5.56 Å². The van der Waals surface area contributed by atoms with Crippen LogP contribution in [-0.4, -0.2) is 13.1 Å². The van der Waals surface area contributed by atoms with Gasteiger partial charge in [-0.1, -0.05) is 29.8 Å². The van der Waals surface area contributed by atoms with Crippen molar-refractivity contribution in [3.63, 3.8) is 0 Å². The summed E-state index contributed by atoms with van der Waals surface area (Å²) in [5.74, 6) is 0.850. The quantitative estimate of drug-likeness (QED) is 0.531. The molecule has 0 fully saturated rings. The van der Waals surface area contributed by atoms with Gasteiger partial charge in [-0.3, -0.25) is 0 Å². The number of carbonyl (C=O) groups is 1. The number of fused-ring (bicyclic) bond motifs is 1. The Hall–Kier alpha value is -2.81. The average Bonchev–Trinajstić information content (AvgIpc) is 2.55. The number of benzene rings is 3. The van der Waals surface area contributed by atoms with Crippen LogP contribution in [0.1, 0.15) is 15.9 Å². The lowest BCUT2D eigenvalue weighted by atomic mass is 10.0. The van der Waals surface area contributed by atoms with E-state index in [1.807, 2.05) is 31.2 Å². The molecule has 3 nitrogen and oxygen atoms in total. The average molecular weight is 292 g/mol. The number of carbonyl (C=O) groups excluding carboxylic acids is 1. The molecule has 0 amide bonds. The van der Waals surface area contributed by atoms with Crippen molar-refractivity contribution in [2.75, 3.05) is 7.11 Å². The van der Waals surface area contributed by atoms with Crippen molar-refractivity contribution in [1.29, 1.82) is 0 Å². The molecule has 0 spiro atoms. The minimum absolute atomic E-state index is 0.368. The number of hydrogen-bond donors (Lipinski definition) is 0. The fourth-order valence-electron chi connectivity index (χ4n) is 2.30. The molecule has 22 heavy (non-hydrogen) atoms. The molecule has 3 aromatic rings. The van der Waals surface area contributed by atoms with E-state index >= 15 is 0 Å². The van der Waals surface area contributed by atoms with Crippen molar-refractivity contribution in [2.45, 2.75) is 6.92 Å². The van der Waals surface area contributed by atoms with Crippen LogP contribution < -0.4 is 9.47 Å². The molecule has 3 heteroatoms. The zero-order valence-corrected chi connectivity index (χ0v) is 12.5. The van der Waals surface area contributed by atoms with Gasteiger partial charge in [-0.05, 0) is 54.1 Å². The molecule has 3 aromatic carbocycles. The third-order valence-electron chi connectivity index (χ3n) is 3.50. The Kier molecular flexibility index (Phi) is 3.79. The molecule has 0 saturated carbocycles. The summed E-state index contributed by atoms with van der Waals surface area (Å²) in [6.45, 7) is 2.05. The first-order chi connectivity index (χ1) is 10.7. The molecular formula is C19H16O3. The number of hydrogen-bond acceptors (Lipinski definition) is 3. The molecule has 0 unspecified atom stereocenters. The summed E-state index contributed by atoms with van der Waals surface area (Å²) < 4.78 is 10.5. The van der Waals surface area contributed by atoms with E-state index in [0.29, 0.717) is 11.3 Å². The smallest absolute Gasteiger partial charge is 0.343 e. The maximum atomic E-state index is 12.2. The molecule has 0 aromatic heterocycles. The zero-order chi connectivity index (χ0) is 15.5. The van der Waals surface area contributed by atoms with Gasteiger partial charge in [0.15, 0.2) is 0 Å². The maximum Gasteiger partial charge on any atom is 0.343 e. The molecule has 0 N–H and O–H groups in total. The van der Waals surface area contributed by atoms with E-state index in [1.54, 1.807) is 37.4 Å². The molecule has 0 atom stereocenters. The van der Waals surface area contributed by atoms with E-state index in [0.717, 1.165) is 16.5 Å². The Morgan fingerprint density at radius 3 is 2.18 bits per heavy atom. The second-order valence-electron chi connectivity index (χ2n) is 5.13. The maximum absolute atomic E-state index is 12.2. The van der Waals surface area contributed by atoms with Crippen molar-refractivity contribution in [1.82, 2.24) is 0 Å². The van der Waals surface area contributed by atoms with E-state index in [-0.39, 0.29) is 5.97 Å². The first-order valence-electron chi connectivity index (χ1n) is 7.02. The van der Waals surface area contributed by atoms with Crippen LogP contribution in [-0.2, 0) is 0 Å². The SMILES string of the molecule is COc1ccc(OC(=O)c2ccc3cc(C)ccc3c2)cc1. The van der Waals surface area contributed by atoms with Crippen molar-refractivity contribution in [3.8, 4) is 11.5 Å². The summed E-state index contributed by atoms with van der Waals surface area (Å²) in [4.78, 5) is 12.2. The highest BCUT2D eigenvalue weighted by atomic mass is 16.5. The normalized spacial score (nSPS) is 10.5. The summed E-state index contributed by atoms with van der Waals surface area (Å²) in [5, 5.41) is 2.13. The highest BCUT2D eigenvalue weighted by Crippen LogP contribution is 2.21. The summed E-state index contributed by atoms with van der Waals surface area (Å²) >= 11 is 0. The van der Waals surface area contributed by atoms with Crippen LogP contribution in [0.5, 0.6) is 11.5 Å². The molecular weight excluding hydrogens is 276 g/mol. The Bertz CT molecular complexity index is 820. The third kappa shape index (κ3) is 2.93. The number of rotatable bonds is 3. The molecule has 3 rings (SSSR count). The van der Waals surface area contributed by atoms with Crippen molar-refractivity contribution >= 4 is 16.7 Å². The Morgan fingerprint density at radius 1 is 0.818 bits per heavy atom. The van der Waals surface area contributed by atoms with Crippen molar-refractivity contribution < 1.29 is 14.3 Å². The highest BCUT2D eigenvalue weighted by Gasteiger charge is 2.09. The first kappa shape index (κ1) is 14.1. The number of methoxy groups -OCH3 is 1. The monoisotopic (exact) mass is 292 g/mol. The molecule has 0 bridgehead atoms. The lowest BCUT2D eigenvalue weighted by molar-refractivity contribution is 0.0735. The number of aryl methyl sites for hydroxylation is 1. The van der Waals surface area contributed by atoms with Gasteiger partial charge in [0.25, 0.3) is 0 Å². The minimum atomic E-state index is -0.368. The predicted molar refractivity (Wildman–Crippen MR) is 86.6 cm³/mol. The number of esters is 1. The first-order valence-corrected chi connectivity index (χ1v) is 7.02. The summed E-state index contributed by atoms with van der Waals surface area (Å²) in [7, 11) is 1.60. The van der Waals surface area contributed by atoms with Crippen LogP contribution in [0.2, 0.25) is 0 Å². The van der Waals surface area contributed by atoms with Crippen LogP contribution in [0.15, 0.2) is 60.7 Å². The van der Waals surface area contributed by atoms with Crippen LogP contribution in [0.3, 0.4) is 0 Å². The Labute approximate surface area is 129 Å². The van der Waals surface area contributed by atoms with Gasteiger partial charge >= 0.3 is 5.97 Å². The van der Waals surface area contributed by atoms with Gasteiger partial charge in [0.05, 0.1) is 12.7 Å². The third-order valence-corrected chi connectivity index (χ3v) is 3.50. The van der Waals surface area contributed by atoms with Gasteiger partial charge < -0.3 is 9.47 Å². The second-order valence-corrected chi connectivity index (χ2v) is 5.13. The van der Waals surface area contributed by atoms with Gasteiger partial charge in [0.2, 0.25) is 0 Å². The van der Waals surface area contributed by atoms with E-state index in [9.17, 15) is 4.79 Å². The van der Waals surface area contributed by atoms with Crippen LogP contribution >= 0.6 is 0 Å². The molecule has 0 aliphatic rings. The van der Waals surface area contributed by atoms with Gasteiger partial charge in [0.1, 0.15) is 11.5 Å². The molecule has 0 aliphatic heterocycles. The fourth-order valence-corrected chi connectivity index (χ4v) is 2.30. The predicted octanol–water partition coefficient (Wildman–Crippen LogP) is 4.38. The molecule has 0 saturated heterocycles. The summed E-state index contributed by atoms with van der Waals surface area (Å²) in [6, 6.07) is 18.6. The van der Waals surface area contributed by atoms with Crippen LogP contribution in [0.25, 0.3) is 10.8 Å². The lowest BCUT2D eigenvalue weighted by Gasteiger charge is -2.07. The Balaban J connectivity index is 1.83. The van der Waals surface area contributed by atoms with E-state index in [2.05, 4.69) is 6.07 Å². The van der Waals surface area contributed by atoms with Gasteiger partial charge in [0, 0.05) is 0 Å². The molecule has 0 aliphatic carbocycles. The van der Waals surface area contributed by atoms with Crippen LogP contribution in [0.4, 0.5) is 0 Å². The highest BCUT2D eigenvalue weighted by molar-refractivity contribution is 5.96.